The molecule has 0 aromatic heterocycles. The standard InChI is InChI=1S/C18H28O3S.C16H17ClN2O3S/c1-3-4-5-6-7-8-11-22(19)15(2)12-16-9-10-17-18(13-16)21-14-20-17;1-16(2)13(19-14(21)11(7-17)15(19)23-16)12(20)10-6-4-3-5-9(10)8-18-22/h9-10,13,15H,3-8,11-12,14H2,1-2H3;3-6,8,11,13,15,22H,7H2,1-2H3/b;18-8+/t;11-,13+,15-/m.1/s1. The van der Waals surface area contributed by atoms with E-state index in [0.29, 0.717) is 17.9 Å². The van der Waals surface area contributed by atoms with E-state index in [0.717, 1.165) is 30.1 Å². The van der Waals surface area contributed by atoms with E-state index in [9.17, 15) is 13.8 Å². The second kappa shape index (κ2) is 16.3. The fourth-order valence-electron chi connectivity index (χ4n) is 6.02. The number of amides is 1. The van der Waals surface area contributed by atoms with Gasteiger partial charge in [-0.05, 0) is 44.4 Å². The third-order valence-corrected chi connectivity index (χ3v) is 12.2. The number of alkyl halides is 1. The van der Waals surface area contributed by atoms with Gasteiger partial charge in [0.15, 0.2) is 17.3 Å². The minimum atomic E-state index is -0.743. The van der Waals surface area contributed by atoms with Gasteiger partial charge in [0.05, 0.1) is 17.5 Å². The Kier molecular flexibility index (Phi) is 12.8. The average molecular weight is 677 g/mol. The van der Waals surface area contributed by atoms with Crippen molar-refractivity contribution in [2.75, 3.05) is 18.4 Å². The first kappa shape index (κ1) is 35.3. The van der Waals surface area contributed by atoms with Crippen molar-refractivity contribution in [2.45, 2.75) is 94.1 Å². The molecule has 2 saturated heterocycles. The molecule has 0 radical (unpaired) electrons. The van der Waals surface area contributed by atoms with Gasteiger partial charge in [0.1, 0.15) is 6.04 Å². The van der Waals surface area contributed by atoms with Crippen LogP contribution < -0.4 is 9.47 Å². The van der Waals surface area contributed by atoms with E-state index < -0.39 is 21.6 Å². The van der Waals surface area contributed by atoms with Crippen molar-refractivity contribution in [3.05, 3.63) is 59.2 Å². The van der Waals surface area contributed by atoms with E-state index in [1.807, 2.05) is 32.0 Å². The van der Waals surface area contributed by atoms with Crippen molar-refractivity contribution in [1.82, 2.24) is 4.90 Å². The van der Waals surface area contributed by atoms with Crippen LogP contribution >= 0.6 is 23.4 Å². The first-order chi connectivity index (χ1) is 21.6. The second-order valence-corrected chi connectivity index (χ2v) is 16.3. The summed E-state index contributed by atoms with van der Waals surface area (Å²) >= 11 is 7.50. The summed E-state index contributed by atoms with van der Waals surface area (Å²) in [6, 6.07) is 12.4. The number of benzene rings is 2. The normalized spacial score (nSPS) is 22.4. The molecule has 1 amide bonds. The Morgan fingerprint density at radius 2 is 1.87 bits per heavy atom. The van der Waals surface area contributed by atoms with Gasteiger partial charge in [-0.2, -0.15) is 0 Å². The summed E-state index contributed by atoms with van der Waals surface area (Å²) in [6.07, 6.45) is 9.56. The van der Waals surface area contributed by atoms with Crippen molar-refractivity contribution < 1.29 is 28.5 Å². The summed E-state index contributed by atoms with van der Waals surface area (Å²) in [7, 11) is -0.743. The Bertz CT molecular complexity index is 1390. The molecule has 246 valence electrons. The molecule has 3 aliphatic heterocycles. The number of nitrogens with zero attached hydrogens (tertiary/aromatic N) is 2. The van der Waals surface area contributed by atoms with E-state index >= 15 is 0 Å². The lowest BCUT2D eigenvalue weighted by molar-refractivity contribution is -0.150. The highest BCUT2D eigenvalue weighted by Gasteiger charge is 2.63. The molecule has 0 aliphatic carbocycles. The highest BCUT2D eigenvalue weighted by molar-refractivity contribution is 8.01. The molecule has 3 aliphatic rings. The van der Waals surface area contributed by atoms with E-state index in [-0.39, 0.29) is 34.1 Å². The van der Waals surface area contributed by atoms with Crippen LogP contribution in [0.5, 0.6) is 11.5 Å². The van der Waals surface area contributed by atoms with Crippen LogP contribution in [0.25, 0.3) is 0 Å². The molecule has 0 bridgehead atoms. The molecule has 3 heterocycles. The Morgan fingerprint density at radius 3 is 2.60 bits per heavy atom. The second-order valence-electron chi connectivity index (χ2n) is 12.3. The fourth-order valence-corrected chi connectivity index (χ4v) is 9.38. The maximum Gasteiger partial charge on any atom is 0.231 e. The predicted molar refractivity (Wildman–Crippen MR) is 183 cm³/mol. The van der Waals surface area contributed by atoms with Crippen LogP contribution in [-0.2, 0) is 22.0 Å². The number of β-lactam (4-membered cyclic amide) rings is 1. The zero-order valence-electron chi connectivity index (χ0n) is 26.6. The van der Waals surface area contributed by atoms with Crippen molar-refractivity contribution in [2.24, 2.45) is 11.1 Å². The highest BCUT2D eigenvalue weighted by Crippen LogP contribution is 2.54. The van der Waals surface area contributed by atoms with Gasteiger partial charge in [0.2, 0.25) is 12.7 Å². The largest absolute Gasteiger partial charge is 0.454 e. The molecule has 0 saturated carbocycles. The number of carbonyl (C=O) groups is 2. The van der Waals surface area contributed by atoms with Gasteiger partial charge in [-0.25, -0.2) is 0 Å². The number of ether oxygens (including phenoxy) is 2. The molecule has 5 rings (SSSR count). The average Bonchev–Trinajstić information content (AvgIpc) is 3.59. The van der Waals surface area contributed by atoms with Gasteiger partial charge < -0.3 is 19.6 Å². The lowest BCUT2D eigenvalue weighted by Gasteiger charge is -2.43. The number of hydrogen-bond acceptors (Lipinski definition) is 8. The first-order valence-electron chi connectivity index (χ1n) is 15.7. The predicted octanol–water partition coefficient (Wildman–Crippen LogP) is 7.05. The third-order valence-electron chi connectivity index (χ3n) is 8.50. The van der Waals surface area contributed by atoms with Crippen LogP contribution in [-0.4, -0.2) is 72.1 Å². The Morgan fingerprint density at radius 1 is 1.16 bits per heavy atom. The van der Waals surface area contributed by atoms with Gasteiger partial charge in [-0.1, -0.05) is 81.4 Å². The number of fused-ring (bicyclic) bond motifs is 2. The molecule has 2 aromatic carbocycles. The van der Waals surface area contributed by atoms with Crippen LogP contribution in [0.4, 0.5) is 0 Å². The summed E-state index contributed by atoms with van der Waals surface area (Å²) in [5.74, 6) is 2.32. The van der Waals surface area contributed by atoms with Crippen molar-refractivity contribution in [3.63, 3.8) is 0 Å². The number of hydrogen-bond donors (Lipinski definition) is 1. The smallest absolute Gasteiger partial charge is 0.231 e. The lowest BCUT2D eigenvalue weighted by atomic mass is 9.87. The van der Waals surface area contributed by atoms with Gasteiger partial charge in [0, 0.05) is 43.6 Å². The molecule has 11 heteroatoms. The van der Waals surface area contributed by atoms with Crippen LogP contribution in [0.15, 0.2) is 47.6 Å². The molecule has 2 aromatic rings. The SMILES string of the molecule is CC1(C)S[C@@H]2[C@H](CCl)C(=O)N2[C@H]1C(=O)c1ccccc1/C=N/O.CCCCCCCCS(=O)C(C)Cc1ccc2c(c1)OCO2. The topological polar surface area (TPSA) is 106 Å². The minimum absolute atomic E-state index is 0.0392. The summed E-state index contributed by atoms with van der Waals surface area (Å²) in [5.41, 5.74) is 2.16. The van der Waals surface area contributed by atoms with Crippen LogP contribution in [0.1, 0.15) is 87.7 Å². The van der Waals surface area contributed by atoms with E-state index in [1.165, 1.54) is 43.9 Å². The quantitative estimate of drug-likeness (QED) is 0.0435. The summed E-state index contributed by atoms with van der Waals surface area (Å²) < 4.78 is 22.6. The number of ketones is 1. The molecule has 2 fully saturated rings. The molecule has 1 N–H and O–H groups in total. The molecule has 5 atom stereocenters. The third kappa shape index (κ3) is 8.43. The number of rotatable bonds is 14. The lowest BCUT2D eigenvalue weighted by Crippen LogP contribution is -2.63. The van der Waals surface area contributed by atoms with E-state index in [4.69, 9.17) is 26.3 Å². The van der Waals surface area contributed by atoms with Gasteiger partial charge in [0.25, 0.3) is 0 Å². The van der Waals surface area contributed by atoms with Crippen molar-refractivity contribution >= 4 is 52.1 Å². The van der Waals surface area contributed by atoms with Crippen molar-refractivity contribution in [1.29, 1.82) is 0 Å². The molecule has 45 heavy (non-hydrogen) atoms. The zero-order valence-corrected chi connectivity index (χ0v) is 29.0. The first-order valence-corrected chi connectivity index (χ1v) is 18.5. The molecule has 8 nitrogen and oxygen atoms in total. The van der Waals surface area contributed by atoms with Crippen LogP contribution in [0, 0.1) is 5.92 Å². The van der Waals surface area contributed by atoms with Crippen LogP contribution in [0.2, 0.25) is 0 Å². The van der Waals surface area contributed by atoms with Gasteiger partial charge >= 0.3 is 0 Å². The van der Waals surface area contributed by atoms with E-state index in [2.05, 4.69) is 19.0 Å². The molecule has 0 spiro atoms. The monoisotopic (exact) mass is 676 g/mol. The number of Topliss-reactive ketones (excluding diaryl/α,β-unsaturated/α-hetero) is 1. The number of unbranched alkanes of at least 4 members (excludes halogenated alkanes) is 5. The van der Waals surface area contributed by atoms with Gasteiger partial charge in [-0.3, -0.25) is 13.8 Å². The maximum absolute atomic E-state index is 13.1. The highest BCUT2D eigenvalue weighted by atomic mass is 35.5. The molecule has 2 unspecified atom stereocenters. The number of thioether (sulfide) groups is 1. The zero-order chi connectivity index (χ0) is 32.6. The molecular weight excluding hydrogens is 632 g/mol. The van der Waals surface area contributed by atoms with Crippen molar-refractivity contribution in [3.8, 4) is 11.5 Å². The Hall–Kier alpha value is -2.56. The number of oxime groups is 1. The Labute approximate surface area is 278 Å². The number of halogens is 1. The number of carbonyl (C=O) groups excluding carboxylic acids is 2. The van der Waals surface area contributed by atoms with E-state index in [1.54, 1.807) is 40.9 Å². The summed E-state index contributed by atoms with van der Waals surface area (Å²) in [5, 5.41) is 12.0. The summed E-state index contributed by atoms with van der Waals surface area (Å²) in [4.78, 5) is 27.1. The summed E-state index contributed by atoms with van der Waals surface area (Å²) in [6.45, 7) is 8.56. The minimum Gasteiger partial charge on any atom is -0.454 e. The van der Waals surface area contributed by atoms with Crippen LogP contribution in [0.3, 0.4) is 0 Å². The fraction of sp³-hybridized carbons (Fsp3) is 0.559. The Balaban J connectivity index is 0.000000205. The molecular formula is C34H45ClN2O6S2. The van der Waals surface area contributed by atoms with Gasteiger partial charge in [-0.15, -0.1) is 23.4 Å². The maximum atomic E-state index is 13.1.